The molecular weight excluding hydrogens is 374 g/mol. The van der Waals surface area contributed by atoms with E-state index in [1.807, 2.05) is 4.90 Å². The summed E-state index contributed by atoms with van der Waals surface area (Å²) in [7, 11) is 0. The van der Waals surface area contributed by atoms with Gasteiger partial charge in [-0.25, -0.2) is 4.21 Å². The summed E-state index contributed by atoms with van der Waals surface area (Å²) in [5, 5.41) is 0.283. The third kappa shape index (κ3) is 4.76. The molecule has 1 amide bonds. The first-order valence-electron chi connectivity index (χ1n) is 9.14. The molecule has 0 aromatic heterocycles. The predicted molar refractivity (Wildman–Crippen MR) is 105 cm³/mol. The van der Waals surface area contributed by atoms with Gasteiger partial charge in [-0.05, 0) is 43.9 Å². The van der Waals surface area contributed by atoms with Crippen molar-refractivity contribution in [3.63, 3.8) is 0 Å². The van der Waals surface area contributed by atoms with E-state index >= 15 is 0 Å². The molecule has 0 radical (unpaired) electrons. The van der Waals surface area contributed by atoms with E-state index in [1.54, 1.807) is 12.1 Å². The molecule has 8 heteroatoms. The molecular formula is C18H26ClN3O3S. The highest BCUT2D eigenvalue weighted by molar-refractivity contribution is 7.80. The van der Waals surface area contributed by atoms with Crippen LogP contribution in [0.4, 0.5) is 5.69 Å². The molecule has 26 heavy (non-hydrogen) atoms. The zero-order valence-corrected chi connectivity index (χ0v) is 16.6. The normalized spacial score (nSPS) is 23.2. The highest BCUT2D eigenvalue weighted by atomic mass is 35.5. The van der Waals surface area contributed by atoms with Gasteiger partial charge in [-0.15, -0.1) is 0 Å². The van der Waals surface area contributed by atoms with Gasteiger partial charge in [0.15, 0.2) is 0 Å². The van der Waals surface area contributed by atoms with Crippen LogP contribution in [0.2, 0.25) is 5.02 Å². The van der Waals surface area contributed by atoms with Gasteiger partial charge < -0.3 is 4.90 Å². The lowest BCUT2D eigenvalue weighted by Crippen LogP contribution is -2.54. The van der Waals surface area contributed by atoms with Gasteiger partial charge >= 0.3 is 0 Å². The Morgan fingerprint density at radius 3 is 2.69 bits per heavy atom. The van der Waals surface area contributed by atoms with Crippen molar-refractivity contribution in [2.24, 2.45) is 5.92 Å². The van der Waals surface area contributed by atoms with Crippen LogP contribution in [-0.4, -0.2) is 56.7 Å². The van der Waals surface area contributed by atoms with Crippen molar-refractivity contribution in [3.8, 4) is 0 Å². The summed E-state index contributed by atoms with van der Waals surface area (Å²) in [5.41, 5.74) is 0.832. The maximum Gasteiger partial charge on any atom is 0.259 e. The molecule has 1 heterocycles. The Bertz CT molecular complexity index is 682. The van der Waals surface area contributed by atoms with E-state index in [2.05, 4.69) is 16.5 Å². The van der Waals surface area contributed by atoms with Gasteiger partial charge in [0.1, 0.15) is 0 Å². The first kappa shape index (κ1) is 19.6. The molecule has 1 saturated carbocycles. The Hall–Kier alpha value is -1.15. The number of carbonyl (C=O) groups excluding carboxylic acids is 1. The van der Waals surface area contributed by atoms with Gasteiger partial charge in [-0.3, -0.25) is 19.0 Å². The molecule has 1 saturated heterocycles. The van der Waals surface area contributed by atoms with Gasteiger partial charge in [-0.1, -0.05) is 24.4 Å². The number of nitrogens with one attached hydrogen (secondary N) is 1. The smallest absolute Gasteiger partial charge is 0.259 e. The highest BCUT2D eigenvalue weighted by Gasteiger charge is 2.30. The lowest BCUT2D eigenvalue weighted by atomic mass is 10.1. The molecule has 0 bridgehead atoms. The average Bonchev–Trinajstić information content (AvgIpc) is 3.07. The Kier molecular flexibility index (Phi) is 6.55. The monoisotopic (exact) mass is 399 g/mol. The van der Waals surface area contributed by atoms with Crippen molar-refractivity contribution in [1.29, 1.82) is 0 Å². The molecule has 0 spiro atoms. The molecule has 1 aliphatic carbocycles. The Balaban J connectivity index is 1.62. The molecule has 1 aliphatic heterocycles. The number of rotatable bonds is 5. The first-order chi connectivity index (χ1) is 12.4. The number of carbonyl (C=O) groups is 1. The van der Waals surface area contributed by atoms with Crippen LogP contribution in [0.15, 0.2) is 18.2 Å². The first-order valence-corrected chi connectivity index (χ1v) is 10.6. The van der Waals surface area contributed by atoms with E-state index in [9.17, 15) is 9.00 Å². The van der Waals surface area contributed by atoms with Gasteiger partial charge in [-0.2, -0.15) is 0 Å². The fourth-order valence-corrected chi connectivity index (χ4v) is 4.66. The van der Waals surface area contributed by atoms with E-state index < -0.39 is 11.3 Å². The minimum absolute atomic E-state index is 0.0836. The number of halogens is 1. The molecule has 2 unspecified atom stereocenters. The highest BCUT2D eigenvalue weighted by Crippen LogP contribution is 2.27. The third-order valence-corrected chi connectivity index (χ3v) is 6.09. The largest absolute Gasteiger partial charge is 0.333 e. The SMILES string of the molecule is CC1CN(CC2CCCC2)CCN1C(=O)c1ccc(NS(=O)O)cc1Cl. The van der Waals surface area contributed by atoms with Crippen LogP contribution >= 0.6 is 11.6 Å². The minimum atomic E-state index is -2.17. The lowest BCUT2D eigenvalue weighted by molar-refractivity contribution is 0.0461. The summed E-state index contributed by atoms with van der Waals surface area (Å²) in [6.07, 6.45) is 5.38. The summed E-state index contributed by atoms with van der Waals surface area (Å²) in [6.45, 7) is 5.71. The minimum Gasteiger partial charge on any atom is -0.333 e. The van der Waals surface area contributed by atoms with E-state index in [0.29, 0.717) is 17.8 Å². The van der Waals surface area contributed by atoms with Crippen LogP contribution < -0.4 is 4.72 Å². The summed E-state index contributed by atoms with van der Waals surface area (Å²) in [5.74, 6) is 0.732. The second-order valence-electron chi connectivity index (χ2n) is 7.30. The van der Waals surface area contributed by atoms with Gasteiger partial charge in [0.25, 0.3) is 17.2 Å². The van der Waals surface area contributed by atoms with E-state index in [1.165, 1.54) is 31.7 Å². The second kappa shape index (κ2) is 8.69. The van der Waals surface area contributed by atoms with Crippen molar-refractivity contribution in [1.82, 2.24) is 9.80 Å². The third-order valence-electron chi connectivity index (χ3n) is 5.37. The number of piperazine rings is 1. The molecule has 2 fully saturated rings. The number of amides is 1. The summed E-state index contributed by atoms with van der Waals surface area (Å²) in [4.78, 5) is 17.3. The van der Waals surface area contributed by atoms with Gasteiger partial charge in [0.05, 0.1) is 10.6 Å². The van der Waals surface area contributed by atoms with Crippen LogP contribution in [-0.2, 0) is 11.3 Å². The number of anilines is 1. The molecule has 1 aromatic rings. The van der Waals surface area contributed by atoms with E-state index in [-0.39, 0.29) is 17.0 Å². The summed E-state index contributed by atoms with van der Waals surface area (Å²) in [6, 6.07) is 4.84. The zero-order chi connectivity index (χ0) is 18.7. The summed E-state index contributed by atoms with van der Waals surface area (Å²) >= 11 is 4.07. The Morgan fingerprint density at radius 2 is 2.08 bits per heavy atom. The fraction of sp³-hybridized carbons (Fsp3) is 0.611. The number of nitrogens with zero attached hydrogens (tertiary/aromatic N) is 2. The number of benzene rings is 1. The molecule has 3 rings (SSSR count). The van der Waals surface area contributed by atoms with E-state index in [0.717, 1.165) is 25.6 Å². The fourth-order valence-electron chi connectivity index (χ4n) is 4.07. The van der Waals surface area contributed by atoms with Gasteiger partial charge in [0.2, 0.25) is 0 Å². The van der Waals surface area contributed by atoms with Gasteiger partial charge in [0, 0.05) is 37.9 Å². The molecule has 2 atom stereocenters. The average molecular weight is 400 g/mol. The standard InChI is InChI=1S/C18H26ClN3O3S/c1-13-11-21(12-14-4-2-3-5-14)8-9-22(13)18(23)16-7-6-15(10-17(16)19)20-26(24)25/h6-7,10,13-14,20H,2-5,8-9,11-12H2,1H3,(H,24,25). The second-order valence-corrected chi connectivity index (χ2v) is 8.41. The summed E-state index contributed by atoms with van der Waals surface area (Å²) < 4.78 is 22.1. The Morgan fingerprint density at radius 1 is 1.35 bits per heavy atom. The molecule has 6 nitrogen and oxygen atoms in total. The number of hydrogen-bond acceptors (Lipinski definition) is 3. The van der Waals surface area contributed by atoms with Crippen molar-refractivity contribution in [2.75, 3.05) is 30.9 Å². The molecule has 2 aliphatic rings. The van der Waals surface area contributed by atoms with Crippen molar-refractivity contribution in [2.45, 2.75) is 38.6 Å². The van der Waals surface area contributed by atoms with Crippen LogP contribution in [0.3, 0.4) is 0 Å². The van der Waals surface area contributed by atoms with E-state index in [4.69, 9.17) is 16.2 Å². The maximum atomic E-state index is 12.9. The van der Waals surface area contributed by atoms with Crippen LogP contribution in [0.5, 0.6) is 0 Å². The quantitative estimate of drug-likeness (QED) is 0.745. The topological polar surface area (TPSA) is 72.9 Å². The van der Waals surface area contributed by atoms with Crippen molar-refractivity contribution in [3.05, 3.63) is 28.8 Å². The molecule has 144 valence electrons. The Labute approximate surface area is 162 Å². The van der Waals surface area contributed by atoms with Crippen molar-refractivity contribution < 1.29 is 13.6 Å². The van der Waals surface area contributed by atoms with Crippen LogP contribution in [0.1, 0.15) is 43.0 Å². The van der Waals surface area contributed by atoms with Crippen LogP contribution in [0, 0.1) is 5.92 Å². The lowest BCUT2D eigenvalue weighted by Gasteiger charge is -2.41. The maximum absolute atomic E-state index is 12.9. The van der Waals surface area contributed by atoms with Crippen molar-refractivity contribution >= 4 is 34.5 Å². The number of hydrogen-bond donors (Lipinski definition) is 2. The molecule has 1 aromatic carbocycles. The predicted octanol–water partition coefficient (Wildman–Crippen LogP) is 3.23. The molecule has 2 N–H and O–H groups in total. The zero-order valence-electron chi connectivity index (χ0n) is 15.0. The van der Waals surface area contributed by atoms with Crippen LogP contribution in [0.25, 0.3) is 0 Å².